The number of nitrogens with zero attached hydrogens (tertiary/aromatic N) is 1. The molecule has 0 spiro atoms. The molecular weight excluding hydrogens is 320 g/mol. The van der Waals surface area contributed by atoms with Gasteiger partial charge in [-0.15, -0.1) is 11.3 Å². The number of hydrogen-bond donors (Lipinski definition) is 1. The highest BCUT2D eigenvalue weighted by Crippen LogP contribution is 2.33. The standard InChI is InChI=1S/C16H19ClN2O2S/c1-2-19(9-11-5-6-21-10-11)16(20)13-8-18-7-12(13)14-3-4-15(17)22-14/h3-4,7-8,11,18H,2,5-6,9-10H2,1H3. The summed E-state index contributed by atoms with van der Waals surface area (Å²) in [5.41, 5.74) is 1.63. The third-order valence-electron chi connectivity index (χ3n) is 3.99. The second-order valence-corrected chi connectivity index (χ2v) is 7.17. The predicted octanol–water partition coefficient (Wildman–Crippen LogP) is 3.90. The van der Waals surface area contributed by atoms with E-state index < -0.39 is 0 Å². The summed E-state index contributed by atoms with van der Waals surface area (Å²) in [4.78, 5) is 18.8. The number of aromatic amines is 1. The molecule has 6 heteroatoms. The molecule has 1 fully saturated rings. The largest absolute Gasteiger partial charge is 0.381 e. The third-order valence-corrected chi connectivity index (χ3v) is 5.25. The molecule has 118 valence electrons. The molecule has 1 saturated heterocycles. The lowest BCUT2D eigenvalue weighted by molar-refractivity contribution is 0.0732. The van der Waals surface area contributed by atoms with Gasteiger partial charge in [0.15, 0.2) is 0 Å². The Morgan fingerprint density at radius 1 is 1.50 bits per heavy atom. The molecule has 1 amide bonds. The Bertz CT molecular complexity index is 646. The summed E-state index contributed by atoms with van der Waals surface area (Å²) < 4.78 is 6.14. The van der Waals surface area contributed by atoms with Crippen LogP contribution in [0.25, 0.3) is 10.4 Å². The van der Waals surface area contributed by atoms with Gasteiger partial charge in [0.05, 0.1) is 16.5 Å². The number of halogens is 1. The van der Waals surface area contributed by atoms with Crippen LogP contribution in [0.2, 0.25) is 4.34 Å². The molecule has 1 aliphatic heterocycles. The van der Waals surface area contributed by atoms with Crippen LogP contribution in [0.3, 0.4) is 0 Å². The molecule has 22 heavy (non-hydrogen) atoms. The minimum Gasteiger partial charge on any atom is -0.381 e. The van der Waals surface area contributed by atoms with E-state index in [2.05, 4.69) is 4.98 Å². The molecule has 1 N–H and O–H groups in total. The van der Waals surface area contributed by atoms with E-state index in [0.717, 1.165) is 41.0 Å². The fraction of sp³-hybridized carbons (Fsp3) is 0.438. The number of carbonyl (C=O) groups excluding carboxylic acids is 1. The Kier molecular flexibility index (Phi) is 4.86. The van der Waals surface area contributed by atoms with Crippen LogP contribution in [0, 0.1) is 5.92 Å². The first kappa shape index (κ1) is 15.6. The molecule has 0 bridgehead atoms. The highest BCUT2D eigenvalue weighted by Gasteiger charge is 2.24. The monoisotopic (exact) mass is 338 g/mol. The minimum atomic E-state index is 0.0650. The average Bonchev–Trinajstić information content (AvgIpc) is 3.24. The van der Waals surface area contributed by atoms with Crippen LogP contribution in [0.1, 0.15) is 23.7 Å². The van der Waals surface area contributed by atoms with Crippen LogP contribution in [0.5, 0.6) is 0 Å². The summed E-state index contributed by atoms with van der Waals surface area (Å²) in [5.74, 6) is 0.512. The zero-order valence-corrected chi connectivity index (χ0v) is 14.0. The second-order valence-electron chi connectivity index (χ2n) is 5.46. The molecule has 1 atom stereocenters. The van der Waals surface area contributed by atoms with Crippen molar-refractivity contribution in [3.05, 3.63) is 34.4 Å². The maximum Gasteiger partial charge on any atom is 0.256 e. The van der Waals surface area contributed by atoms with E-state index in [-0.39, 0.29) is 5.91 Å². The molecule has 0 aromatic carbocycles. The van der Waals surface area contributed by atoms with Crippen molar-refractivity contribution in [1.29, 1.82) is 0 Å². The topological polar surface area (TPSA) is 45.3 Å². The predicted molar refractivity (Wildman–Crippen MR) is 89.6 cm³/mol. The van der Waals surface area contributed by atoms with Gasteiger partial charge in [0.25, 0.3) is 5.91 Å². The number of carbonyl (C=O) groups is 1. The van der Waals surface area contributed by atoms with Gasteiger partial charge in [-0.2, -0.15) is 0 Å². The third kappa shape index (κ3) is 3.21. The lowest BCUT2D eigenvalue weighted by atomic mass is 10.1. The van der Waals surface area contributed by atoms with Crippen LogP contribution in [0.4, 0.5) is 0 Å². The highest BCUT2D eigenvalue weighted by molar-refractivity contribution is 7.19. The molecule has 2 aromatic rings. The van der Waals surface area contributed by atoms with Gasteiger partial charge in [0.1, 0.15) is 0 Å². The summed E-state index contributed by atoms with van der Waals surface area (Å²) in [5, 5.41) is 0. The highest BCUT2D eigenvalue weighted by atomic mass is 35.5. The molecule has 3 heterocycles. The van der Waals surface area contributed by atoms with E-state index in [1.807, 2.05) is 30.2 Å². The number of ether oxygens (including phenoxy) is 1. The van der Waals surface area contributed by atoms with E-state index in [1.165, 1.54) is 11.3 Å². The van der Waals surface area contributed by atoms with Gasteiger partial charge in [-0.25, -0.2) is 0 Å². The van der Waals surface area contributed by atoms with Gasteiger partial charge >= 0.3 is 0 Å². The van der Waals surface area contributed by atoms with E-state index in [0.29, 0.717) is 18.0 Å². The van der Waals surface area contributed by atoms with Crippen molar-refractivity contribution >= 4 is 28.8 Å². The lowest BCUT2D eigenvalue weighted by Crippen LogP contribution is -2.35. The van der Waals surface area contributed by atoms with Crippen molar-refractivity contribution in [1.82, 2.24) is 9.88 Å². The van der Waals surface area contributed by atoms with Crippen LogP contribution in [-0.2, 0) is 4.74 Å². The Hall–Kier alpha value is -1.30. The van der Waals surface area contributed by atoms with E-state index in [1.54, 1.807) is 6.20 Å². The summed E-state index contributed by atoms with van der Waals surface area (Å²) in [6, 6.07) is 3.81. The summed E-state index contributed by atoms with van der Waals surface area (Å²) in [7, 11) is 0. The Morgan fingerprint density at radius 3 is 3.00 bits per heavy atom. The quantitative estimate of drug-likeness (QED) is 0.898. The van der Waals surface area contributed by atoms with Gasteiger partial charge < -0.3 is 14.6 Å². The van der Waals surface area contributed by atoms with Gasteiger partial charge in [-0.1, -0.05) is 11.6 Å². The van der Waals surface area contributed by atoms with Gasteiger partial charge in [-0.05, 0) is 25.5 Å². The number of H-pyrrole nitrogens is 1. The van der Waals surface area contributed by atoms with Crippen molar-refractivity contribution in [2.75, 3.05) is 26.3 Å². The zero-order chi connectivity index (χ0) is 15.5. The van der Waals surface area contributed by atoms with Gasteiger partial charge in [0, 0.05) is 48.4 Å². The van der Waals surface area contributed by atoms with Crippen LogP contribution in [0.15, 0.2) is 24.5 Å². The van der Waals surface area contributed by atoms with Gasteiger partial charge in [-0.3, -0.25) is 4.79 Å². The zero-order valence-electron chi connectivity index (χ0n) is 12.5. The molecule has 3 rings (SSSR count). The molecule has 2 aromatic heterocycles. The van der Waals surface area contributed by atoms with Gasteiger partial charge in [0.2, 0.25) is 0 Å². The smallest absolute Gasteiger partial charge is 0.256 e. The molecule has 1 unspecified atom stereocenters. The first-order valence-electron chi connectivity index (χ1n) is 7.48. The SMILES string of the molecule is CCN(CC1CCOC1)C(=O)c1c[nH]cc1-c1ccc(Cl)s1. The van der Waals surface area contributed by atoms with Crippen molar-refractivity contribution in [3.63, 3.8) is 0 Å². The summed E-state index contributed by atoms with van der Waals surface area (Å²) >= 11 is 7.50. The number of amides is 1. The lowest BCUT2D eigenvalue weighted by Gasteiger charge is -2.23. The molecule has 0 aliphatic carbocycles. The fourth-order valence-electron chi connectivity index (χ4n) is 2.77. The van der Waals surface area contributed by atoms with Crippen molar-refractivity contribution < 1.29 is 9.53 Å². The van der Waals surface area contributed by atoms with Crippen LogP contribution in [-0.4, -0.2) is 42.1 Å². The summed E-state index contributed by atoms with van der Waals surface area (Å²) in [6.45, 7) is 5.03. The van der Waals surface area contributed by atoms with Crippen molar-refractivity contribution in [3.8, 4) is 10.4 Å². The number of hydrogen-bond acceptors (Lipinski definition) is 3. The average molecular weight is 339 g/mol. The molecule has 0 saturated carbocycles. The minimum absolute atomic E-state index is 0.0650. The number of nitrogens with one attached hydrogen (secondary N) is 1. The molecule has 4 nitrogen and oxygen atoms in total. The summed E-state index contributed by atoms with van der Waals surface area (Å²) in [6.07, 6.45) is 4.67. The van der Waals surface area contributed by atoms with Crippen LogP contribution >= 0.6 is 22.9 Å². The van der Waals surface area contributed by atoms with Crippen LogP contribution < -0.4 is 0 Å². The number of aromatic nitrogens is 1. The van der Waals surface area contributed by atoms with Crippen molar-refractivity contribution in [2.24, 2.45) is 5.92 Å². The van der Waals surface area contributed by atoms with Crippen molar-refractivity contribution in [2.45, 2.75) is 13.3 Å². The molecular formula is C16H19ClN2O2S. The fourth-order valence-corrected chi connectivity index (χ4v) is 3.84. The first-order valence-corrected chi connectivity index (χ1v) is 8.68. The normalized spacial score (nSPS) is 17.8. The Morgan fingerprint density at radius 2 is 2.36 bits per heavy atom. The number of thiophene rings is 1. The maximum atomic E-state index is 12.9. The van der Waals surface area contributed by atoms with E-state index in [4.69, 9.17) is 16.3 Å². The number of rotatable bonds is 5. The van der Waals surface area contributed by atoms with E-state index >= 15 is 0 Å². The molecule has 1 aliphatic rings. The Labute approximate surface area is 139 Å². The second kappa shape index (κ2) is 6.86. The Balaban J connectivity index is 1.80. The van der Waals surface area contributed by atoms with E-state index in [9.17, 15) is 4.79 Å². The molecule has 0 radical (unpaired) electrons. The first-order chi connectivity index (χ1) is 10.7. The maximum absolute atomic E-state index is 12.9.